The summed E-state index contributed by atoms with van der Waals surface area (Å²) in [5.41, 5.74) is 0.625. The maximum atomic E-state index is 12.0. The van der Waals surface area contributed by atoms with Gasteiger partial charge in [0.05, 0.1) is 0 Å². The van der Waals surface area contributed by atoms with E-state index in [1.165, 1.54) is 0 Å². The number of anilines is 1. The Morgan fingerprint density at radius 2 is 1.81 bits per heavy atom. The van der Waals surface area contributed by atoms with E-state index >= 15 is 0 Å². The van der Waals surface area contributed by atoms with Crippen LogP contribution < -0.4 is 16.0 Å². The number of amides is 3. The lowest BCUT2D eigenvalue weighted by Gasteiger charge is -2.18. The molecule has 114 valence electrons. The van der Waals surface area contributed by atoms with Crippen LogP contribution in [0.15, 0.2) is 24.3 Å². The van der Waals surface area contributed by atoms with Crippen LogP contribution in [0.3, 0.4) is 0 Å². The summed E-state index contributed by atoms with van der Waals surface area (Å²) in [4.78, 5) is 23.8. The quantitative estimate of drug-likeness (QED) is 0.800. The number of carbonyl (C=O) groups excluding carboxylic acids is 2. The number of carbonyl (C=O) groups is 2. The summed E-state index contributed by atoms with van der Waals surface area (Å²) in [5.74, 6) is -0.145. The summed E-state index contributed by atoms with van der Waals surface area (Å²) in [6.45, 7) is 1.67. The summed E-state index contributed by atoms with van der Waals surface area (Å²) in [5, 5.41) is 8.84. The highest BCUT2D eigenvalue weighted by Crippen LogP contribution is 2.17. The molecule has 3 N–H and O–H groups in total. The molecule has 0 radical (unpaired) electrons. The third kappa shape index (κ3) is 4.93. The van der Waals surface area contributed by atoms with E-state index < -0.39 is 12.1 Å². The maximum Gasteiger partial charge on any atom is 0.319 e. The maximum absolute atomic E-state index is 12.0. The van der Waals surface area contributed by atoms with Crippen molar-refractivity contribution in [2.45, 2.75) is 44.7 Å². The Hall–Kier alpha value is -1.75. The second kappa shape index (κ2) is 7.31. The molecule has 3 amide bonds. The Morgan fingerprint density at radius 3 is 2.43 bits per heavy atom. The Kier molecular flexibility index (Phi) is 5.44. The summed E-state index contributed by atoms with van der Waals surface area (Å²) in [6, 6.07) is 6.04. The van der Waals surface area contributed by atoms with Crippen molar-refractivity contribution in [1.82, 2.24) is 10.6 Å². The van der Waals surface area contributed by atoms with Crippen molar-refractivity contribution in [2.75, 3.05) is 5.32 Å². The van der Waals surface area contributed by atoms with Crippen molar-refractivity contribution in [3.05, 3.63) is 29.3 Å². The molecule has 0 heterocycles. The third-order valence-electron chi connectivity index (χ3n) is 3.54. The first-order chi connectivity index (χ1) is 10.0. The molecule has 0 aromatic heterocycles. The molecule has 1 atom stereocenters. The van der Waals surface area contributed by atoms with Crippen LogP contribution in [0.25, 0.3) is 0 Å². The largest absolute Gasteiger partial charge is 0.352 e. The summed E-state index contributed by atoms with van der Waals surface area (Å²) in [7, 11) is 0. The Bertz CT molecular complexity index is 498. The lowest BCUT2D eigenvalue weighted by Crippen LogP contribution is -2.48. The Labute approximate surface area is 129 Å². The minimum Gasteiger partial charge on any atom is -0.352 e. The fourth-order valence-corrected chi connectivity index (χ4v) is 2.48. The topological polar surface area (TPSA) is 70.2 Å². The van der Waals surface area contributed by atoms with Gasteiger partial charge in [-0.2, -0.15) is 0 Å². The first-order valence-corrected chi connectivity index (χ1v) is 7.56. The minimum atomic E-state index is -0.571. The monoisotopic (exact) mass is 309 g/mol. The van der Waals surface area contributed by atoms with Gasteiger partial charge in [0.1, 0.15) is 6.04 Å². The summed E-state index contributed by atoms with van der Waals surface area (Å²) < 4.78 is 0. The standard InChI is InChI=1S/C15H20ClN3O2/c1-10(14(20)18-12-4-2-3-5-12)17-15(21)19-13-8-6-11(16)7-9-13/h6-10,12H,2-5H2,1H3,(H,18,20)(H2,17,19,21). The van der Waals surface area contributed by atoms with E-state index in [9.17, 15) is 9.59 Å². The molecule has 0 spiro atoms. The van der Waals surface area contributed by atoms with Gasteiger partial charge in [-0.05, 0) is 44.0 Å². The van der Waals surface area contributed by atoms with Crippen LogP contribution in [-0.2, 0) is 4.79 Å². The molecule has 1 unspecified atom stereocenters. The molecule has 1 aliphatic rings. The zero-order valence-corrected chi connectivity index (χ0v) is 12.7. The number of nitrogens with one attached hydrogen (secondary N) is 3. The first kappa shape index (κ1) is 15.6. The van der Waals surface area contributed by atoms with Crippen molar-refractivity contribution in [1.29, 1.82) is 0 Å². The first-order valence-electron chi connectivity index (χ1n) is 7.18. The number of urea groups is 1. The molecule has 5 nitrogen and oxygen atoms in total. The fraction of sp³-hybridized carbons (Fsp3) is 0.467. The molecule has 21 heavy (non-hydrogen) atoms. The summed E-state index contributed by atoms with van der Waals surface area (Å²) in [6.07, 6.45) is 4.36. The molecule has 6 heteroatoms. The van der Waals surface area contributed by atoms with E-state index in [2.05, 4.69) is 16.0 Å². The average molecular weight is 310 g/mol. The van der Waals surface area contributed by atoms with E-state index in [0.29, 0.717) is 10.7 Å². The number of hydrogen-bond acceptors (Lipinski definition) is 2. The van der Waals surface area contributed by atoms with Gasteiger partial charge in [-0.1, -0.05) is 24.4 Å². The van der Waals surface area contributed by atoms with E-state index in [1.807, 2.05) is 0 Å². The number of halogens is 1. The number of rotatable bonds is 4. The highest BCUT2D eigenvalue weighted by atomic mass is 35.5. The molecular formula is C15H20ClN3O2. The van der Waals surface area contributed by atoms with Crippen LogP contribution >= 0.6 is 11.6 Å². The van der Waals surface area contributed by atoms with Crippen molar-refractivity contribution in [3.63, 3.8) is 0 Å². The highest BCUT2D eigenvalue weighted by Gasteiger charge is 2.21. The predicted molar refractivity (Wildman–Crippen MR) is 83.5 cm³/mol. The zero-order valence-electron chi connectivity index (χ0n) is 12.0. The van der Waals surface area contributed by atoms with Gasteiger partial charge in [0.2, 0.25) is 5.91 Å². The second-order valence-corrected chi connectivity index (χ2v) is 5.75. The molecule has 1 aromatic carbocycles. The zero-order chi connectivity index (χ0) is 15.2. The van der Waals surface area contributed by atoms with Crippen molar-refractivity contribution < 1.29 is 9.59 Å². The number of benzene rings is 1. The molecule has 1 aliphatic carbocycles. The SMILES string of the molecule is CC(NC(=O)Nc1ccc(Cl)cc1)C(=O)NC1CCCC1. The Morgan fingerprint density at radius 1 is 1.19 bits per heavy atom. The molecule has 1 saturated carbocycles. The molecule has 0 bridgehead atoms. The van der Waals surface area contributed by atoms with E-state index in [-0.39, 0.29) is 11.9 Å². The normalized spacial score (nSPS) is 16.3. The predicted octanol–water partition coefficient (Wildman–Crippen LogP) is 2.91. The van der Waals surface area contributed by atoms with Crippen molar-refractivity contribution in [3.8, 4) is 0 Å². The second-order valence-electron chi connectivity index (χ2n) is 5.32. The van der Waals surface area contributed by atoms with Crippen LogP contribution in [0.5, 0.6) is 0 Å². The van der Waals surface area contributed by atoms with Gasteiger partial charge in [-0.15, -0.1) is 0 Å². The van der Waals surface area contributed by atoms with E-state index in [1.54, 1.807) is 31.2 Å². The van der Waals surface area contributed by atoms with Gasteiger partial charge < -0.3 is 16.0 Å². The highest BCUT2D eigenvalue weighted by molar-refractivity contribution is 6.30. The van der Waals surface area contributed by atoms with Gasteiger partial charge in [-0.25, -0.2) is 4.79 Å². The molecule has 2 rings (SSSR count). The lowest BCUT2D eigenvalue weighted by atomic mass is 10.2. The van der Waals surface area contributed by atoms with Crippen LogP contribution in [-0.4, -0.2) is 24.0 Å². The molecule has 1 aromatic rings. The van der Waals surface area contributed by atoms with Crippen molar-refractivity contribution in [2.24, 2.45) is 0 Å². The van der Waals surface area contributed by atoms with E-state index in [0.717, 1.165) is 25.7 Å². The molecule has 0 aliphatic heterocycles. The Balaban J connectivity index is 1.78. The smallest absolute Gasteiger partial charge is 0.319 e. The van der Waals surface area contributed by atoms with Crippen LogP contribution in [0.2, 0.25) is 5.02 Å². The van der Waals surface area contributed by atoms with Gasteiger partial charge in [-0.3, -0.25) is 4.79 Å². The summed E-state index contributed by atoms with van der Waals surface area (Å²) >= 11 is 5.77. The molecular weight excluding hydrogens is 290 g/mol. The van der Waals surface area contributed by atoms with Crippen LogP contribution in [0.4, 0.5) is 10.5 Å². The number of hydrogen-bond donors (Lipinski definition) is 3. The van der Waals surface area contributed by atoms with Crippen molar-refractivity contribution >= 4 is 29.2 Å². The van der Waals surface area contributed by atoms with E-state index in [4.69, 9.17) is 11.6 Å². The van der Waals surface area contributed by atoms with Gasteiger partial charge in [0.25, 0.3) is 0 Å². The van der Waals surface area contributed by atoms with Gasteiger partial charge in [0.15, 0.2) is 0 Å². The third-order valence-corrected chi connectivity index (χ3v) is 3.80. The lowest BCUT2D eigenvalue weighted by molar-refractivity contribution is -0.123. The van der Waals surface area contributed by atoms with Crippen LogP contribution in [0.1, 0.15) is 32.6 Å². The van der Waals surface area contributed by atoms with Gasteiger partial charge >= 0.3 is 6.03 Å². The van der Waals surface area contributed by atoms with Gasteiger partial charge in [0, 0.05) is 16.8 Å². The molecule has 1 fully saturated rings. The fourth-order valence-electron chi connectivity index (χ4n) is 2.36. The average Bonchev–Trinajstić information content (AvgIpc) is 2.94. The van der Waals surface area contributed by atoms with Crippen LogP contribution in [0, 0.1) is 0 Å². The minimum absolute atomic E-state index is 0.145. The molecule has 0 saturated heterocycles.